The molecule has 3 aromatic rings. The van der Waals surface area contributed by atoms with Crippen LogP contribution in [0, 0.1) is 17.7 Å². The van der Waals surface area contributed by atoms with Gasteiger partial charge in [-0.2, -0.15) is 5.10 Å². The van der Waals surface area contributed by atoms with Crippen LogP contribution in [-0.4, -0.2) is 38.6 Å². The first-order valence-electron chi connectivity index (χ1n) is 11.8. The van der Waals surface area contributed by atoms with Gasteiger partial charge in [0.2, 0.25) is 0 Å². The fourth-order valence-electron chi connectivity index (χ4n) is 3.47. The summed E-state index contributed by atoms with van der Waals surface area (Å²) < 4.78 is 38.9. The number of ether oxygens (including phenoxy) is 1. The van der Waals surface area contributed by atoms with Gasteiger partial charge in [-0.05, 0) is 64.0 Å². The van der Waals surface area contributed by atoms with Crippen molar-refractivity contribution in [3.05, 3.63) is 59.8 Å². The van der Waals surface area contributed by atoms with Gasteiger partial charge in [-0.25, -0.2) is 9.37 Å². The standard InChI is InChI=1S/C25H28FN5O2/c1-25(2,32)8-5-17-3-4-22(26)19(11-17)16-33-23-12-18(13-29-24(23)27)20-14-30-31(15-20)21-6-9-28-10-7-21/h3-4,11-15,21,28,32H,6-7,9-10,16H2,1-2H3,(H2,27,29)/i16D2. The molecule has 1 aliphatic rings. The monoisotopic (exact) mass is 451 g/mol. The van der Waals surface area contributed by atoms with Crippen LogP contribution in [0.4, 0.5) is 10.2 Å². The van der Waals surface area contributed by atoms with E-state index in [1.165, 1.54) is 26.0 Å². The maximum atomic E-state index is 14.6. The molecule has 0 spiro atoms. The van der Waals surface area contributed by atoms with Gasteiger partial charge in [-0.1, -0.05) is 11.8 Å². The van der Waals surface area contributed by atoms with Crippen LogP contribution in [0.5, 0.6) is 5.75 Å². The molecule has 0 aliphatic carbocycles. The first kappa shape index (κ1) is 20.2. The third-order valence-electron chi connectivity index (χ3n) is 5.25. The highest BCUT2D eigenvalue weighted by atomic mass is 19.1. The SMILES string of the molecule is [2H]C([2H])(Oc1cc(-c2cnn(C3CCNCC3)c2)cnc1N)c1cc(C#CC(C)(C)O)ccc1F. The first-order valence-corrected chi connectivity index (χ1v) is 10.8. The van der Waals surface area contributed by atoms with E-state index in [1.807, 2.05) is 10.9 Å². The number of rotatable bonds is 5. The molecule has 0 amide bonds. The molecule has 7 nitrogen and oxygen atoms in total. The minimum Gasteiger partial charge on any atom is -0.485 e. The second-order valence-electron chi connectivity index (χ2n) is 8.51. The predicted octanol–water partition coefficient (Wildman–Crippen LogP) is 3.29. The third kappa shape index (κ3) is 5.89. The lowest BCUT2D eigenvalue weighted by Gasteiger charge is -2.22. The summed E-state index contributed by atoms with van der Waals surface area (Å²) in [6, 6.07) is 5.65. The summed E-state index contributed by atoms with van der Waals surface area (Å²) in [7, 11) is 0. The van der Waals surface area contributed by atoms with Gasteiger partial charge in [-0.3, -0.25) is 4.68 Å². The number of nitrogens with zero attached hydrogens (tertiary/aromatic N) is 3. The highest BCUT2D eigenvalue weighted by Gasteiger charge is 2.17. The molecule has 1 fully saturated rings. The summed E-state index contributed by atoms with van der Waals surface area (Å²) in [6.45, 7) is 2.36. The number of nitrogens with one attached hydrogen (secondary N) is 1. The van der Waals surface area contributed by atoms with E-state index in [-0.39, 0.29) is 17.1 Å². The maximum Gasteiger partial charge on any atom is 0.166 e. The van der Waals surface area contributed by atoms with Crippen LogP contribution in [0.3, 0.4) is 0 Å². The Balaban J connectivity index is 1.60. The lowest BCUT2D eigenvalue weighted by atomic mass is 10.1. The summed E-state index contributed by atoms with van der Waals surface area (Å²) in [5.41, 5.74) is 6.15. The molecule has 0 unspecified atom stereocenters. The van der Waals surface area contributed by atoms with E-state index < -0.39 is 18.0 Å². The summed E-state index contributed by atoms with van der Waals surface area (Å²) >= 11 is 0. The van der Waals surface area contributed by atoms with E-state index >= 15 is 0 Å². The Kier molecular flexibility index (Phi) is 5.89. The van der Waals surface area contributed by atoms with E-state index in [0.717, 1.165) is 37.6 Å². The number of halogens is 1. The average Bonchev–Trinajstić information content (AvgIpc) is 3.30. The Morgan fingerprint density at radius 3 is 2.85 bits per heavy atom. The van der Waals surface area contributed by atoms with Crippen molar-refractivity contribution in [2.24, 2.45) is 0 Å². The van der Waals surface area contributed by atoms with Crippen LogP contribution in [0.25, 0.3) is 11.1 Å². The number of anilines is 1. The second-order valence-corrected chi connectivity index (χ2v) is 8.51. The summed E-state index contributed by atoms with van der Waals surface area (Å²) in [5, 5.41) is 17.6. The van der Waals surface area contributed by atoms with Crippen LogP contribution in [0.1, 0.15) is 46.6 Å². The number of hydrogen-bond donors (Lipinski definition) is 3. The number of benzene rings is 1. The Bertz CT molecular complexity index is 1270. The number of aromatic nitrogens is 3. The van der Waals surface area contributed by atoms with Gasteiger partial charge in [0.25, 0.3) is 0 Å². The number of piperidine rings is 1. The van der Waals surface area contributed by atoms with Crippen molar-refractivity contribution in [2.45, 2.75) is 44.9 Å². The van der Waals surface area contributed by atoms with Crippen molar-refractivity contribution in [3.8, 4) is 28.7 Å². The molecule has 4 rings (SSSR count). The molecule has 0 radical (unpaired) electrons. The molecule has 0 atom stereocenters. The van der Waals surface area contributed by atoms with Gasteiger partial charge < -0.3 is 20.9 Å². The second kappa shape index (κ2) is 9.61. The summed E-state index contributed by atoms with van der Waals surface area (Å²) in [5.74, 6) is 4.50. The molecular weight excluding hydrogens is 421 g/mol. The molecule has 33 heavy (non-hydrogen) atoms. The van der Waals surface area contributed by atoms with Crippen molar-refractivity contribution in [1.29, 1.82) is 0 Å². The molecule has 172 valence electrons. The van der Waals surface area contributed by atoms with E-state index in [2.05, 4.69) is 27.2 Å². The lowest BCUT2D eigenvalue weighted by Crippen LogP contribution is -2.29. The van der Waals surface area contributed by atoms with Crippen LogP contribution >= 0.6 is 0 Å². The first-order chi connectivity index (χ1) is 16.5. The van der Waals surface area contributed by atoms with Crippen molar-refractivity contribution >= 4 is 5.82 Å². The largest absolute Gasteiger partial charge is 0.485 e. The molecule has 8 heteroatoms. The van der Waals surface area contributed by atoms with Crippen molar-refractivity contribution in [3.63, 3.8) is 0 Å². The van der Waals surface area contributed by atoms with Crippen LogP contribution in [-0.2, 0) is 6.56 Å². The topological polar surface area (TPSA) is 98.2 Å². The van der Waals surface area contributed by atoms with Crippen LogP contribution in [0.2, 0.25) is 0 Å². The molecule has 1 saturated heterocycles. The Morgan fingerprint density at radius 2 is 2.09 bits per heavy atom. The van der Waals surface area contributed by atoms with Crippen molar-refractivity contribution < 1.29 is 17.0 Å². The molecule has 0 saturated carbocycles. The Labute approximate surface area is 195 Å². The van der Waals surface area contributed by atoms with Crippen LogP contribution < -0.4 is 15.8 Å². The fourth-order valence-corrected chi connectivity index (χ4v) is 3.47. The molecule has 4 N–H and O–H groups in total. The predicted molar refractivity (Wildman–Crippen MR) is 125 cm³/mol. The van der Waals surface area contributed by atoms with Gasteiger partial charge in [0, 0.05) is 34.6 Å². The van der Waals surface area contributed by atoms with Crippen LogP contribution in [0.15, 0.2) is 42.9 Å². The van der Waals surface area contributed by atoms with E-state index in [0.29, 0.717) is 17.2 Å². The van der Waals surface area contributed by atoms with E-state index in [1.54, 1.807) is 18.5 Å². The zero-order valence-corrected chi connectivity index (χ0v) is 18.6. The van der Waals surface area contributed by atoms with Gasteiger partial charge in [0.15, 0.2) is 11.6 Å². The van der Waals surface area contributed by atoms with E-state index in [9.17, 15) is 9.50 Å². The molecular formula is C25H28FN5O2. The Hall–Kier alpha value is -3.41. The van der Waals surface area contributed by atoms with Crippen molar-refractivity contribution in [2.75, 3.05) is 18.8 Å². The zero-order valence-electron chi connectivity index (χ0n) is 20.6. The average molecular weight is 452 g/mol. The van der Waals surface area contributed by atoms with Gasteiger partial charge in [0.05, 0.1) is 15.0 Å². The quantitative estimate of drug-likeness (QED) is 0.515. The highest BCUT2D eigenvalue weighted by Crippen LogP contribution is 2.29. The van der Waals surface area contributed by atoms with E-state index in [4.69, 9.17) is 13.2 Å². The molecule has 0 bridgehead atoms. The van der Waals surface area contributed by atoms with Crippen molar-refractivity contribution in [1.82, 2.24) is 20.1 Å². The number of nitrogens with two attached hydrogens (primary N) is 1. The molecule has 1 aromatic carbocycles. The Morgan fingerprint density at radius 1 is 1.30 bits per heavy atom. The van der Waals surface area contributed by atoms with Gasteiger partial charge in [0.1, 0.15) is 18.0 Å². The maximum absolute atomic E-state index is 14.6. The minimum absolute atomic E-state index is 0.0190. The normalized spacial score (nSPS) is 15.9. The summed E-state index contributed by atoms with van der Waals surface area (Å²) in [4.78, 5) is 4.15. The smallest absolute Gasteiger partial charge is 0.166 e. The lowest BCUT2D eigenvalue weighted by molar-refractivity contribution is 0.143. The minimum atomic E-state index is -2.57. The number of nitrogen functional groups attached to an aromatic ring is 1. The highest BCUT2D eigenvalue weighted by molar-refractivity contribution is 5.65. The fraction of sp³-hybridized carbons (Fsp3) is 0.360. The van der Waals surface area contributed by atoms with Gasteiger partial charge in [-0.15, -0.1) is 0 Å². The number of pyridine rings is 1. The number of hydrogen-bond acceptors (Lipinski definition) is 6. The zero-order chi connectivity index (χ0) is 25.2. The molecule has 2 aromatic heterocycles. The summed E-state index contributed by atoms with van der Waals surface area (Å²) in [6.07, 6.45) is 7.18. The van der Waals surface area contributed by atoms with Gasteiger partial charge >= 0.3 is 0 Å². The molecule has 3 heterocycles. The third-order valence-corrected chi connectivity index (χ3v) is 5.25. The number of aliphatic hydroxyl groups is 1. The molecule has 1 aliphatic heterocycles.